The van der Waals surface area contributed by atoms with E-state index in [2.05, 4.69) is 37.9 Å². The number of hydrogen-bond acceptors (Lipinski definition) is 8. The van der Waals surface area contributed by atoms with Crippen molar-refractivity contribution in [2.24, 2.45) is 4.99 Å². The maximum atomic E-state index is 13.8. The molecule has 3 aromatic rings. The topological polar surface area (TPSA) is 96.2 Å². The molecule has 1 aliphatic rings. The third kappa shape index (κ3) is 5.73. The molecule has 0 saturated heterocycles. The zero-order valence-corrected chi connectivity index (χ0v) is 24.0. The number of hydrogen-bond donors (Lipinski definition) is 0. The molecule has 4 rings (SSSR count). The summed E-state index contributed by atoms with van der Waals surface area (Å²) < 4.78 is 18.1. The number of fused-ring (bicyclic) bond motifs is 1. The average molecular weight is 549 g/mol. The maximum Gasteiger partial charge on any atom is 0.338 e. The second-order valence-corrected chi connectivity index (χ2v) is 11.2. The fourth-order valence-electron chi connectivity index (χ4n) is 4.43. The molecule has 0 N–H and O–H groups in total. The van der Waals surface area contributed by atoms with Gasteiger partial charge in [-0.05, 0) is 54.2 Å². The van der Waals surface area contributed by atoms with Crippen LogP contribution in [0.3, 0.4) is 0 Å². The smallest absolute Gasteiger partial charge is 0.338 e. The number of rotatable bonds is 6. The highest BCUT2D eigenvalue weighted by Crippen LogP contribution is 2.36. The van der Waals surface area contributed by atoms with Gasteiger partial charge in [-0.25, -0.2) is 9.79 Å². The summed E-state index contributed by atoms with van der Waals surface area (Å²) in [5, 5.41) is 0. The summed E-state index contributed by atoms with van der Waals surface area (Å²) >= 11 is 1.26. The number of carbonyl (C=O) groups excluding carboxylic acids is 2. The van der Waals surface area contributed by atoms with E-state index in [0.29, 0.717) is 26.3 Å². The van der Waals surface area contributed by atoms with Crippen LogP contribution in [0.4, 0.5) is 0 Å². The lowest BCUT2D eigenvalue weighted by Crippen LogP contribution is -2.40. The Hall–Kier alpha value is -3.98. The number of nitrogens with zero attached hydrogens (tertiary/aromatic N) is 2. The van der Waals surface area contributed by atoms with Crippen molar-refractivity contribution in [1.29, 1.82) is 0 Å². The minimum Gasteiger partial charge on any atom is -0.493 e. The average Bonchev–Trinajstić information content (AvgIpc) is 3.17. The Balaban J connectivity index is 1.90. The van der Waals surface area contributed by atoms with Gasteiger partial charge in [0.15, 0.2) is 16.3 Å². The molecule has 1 aromatic heterocycles. The molecule has 0 aliphatic carbocycles. The van der Waals surface area contributed by atoms with E-state index in [4.69, 9.17) is 14.2 Å². The van der Waals surface area contributed by atoms with Crippen molar-refractivity contribution in [2.45, 2.75) is 53.0 Å². The zero-order valence-electron chi connectivity index (χ0n) is 23.2. The third-order valence-electron chi connectivity index (χ3n) is 6.35. The normalized spacial score (nSPS) is 15.5. The Morgan fingerprint density at radius 2 is 1.79 bits per heavy atom. The fourth-order valence-corrected chi connectivity index (χ4v) is 5.48. The van der Waals surface area contributed by atoms with Gasteiger partial charge >= 0.3 is 11.9 Å². The van der Waals surface area contributed by atoms with Crippen LogP contribution < -0.4 is 24.4 Å². The summed E-state index contributed by atoms with van der Waals surface area (Å²) in [5.41, 5.74) is 3.13. The van der Waals surface area contributed by atoms with E-state index in [0.717, 1.165) is 5.56 Å². The Kier molecular flexibility index (Phi) is 7.92. The molecular weight excluding hydrogens is 516 g/mol. The van der Waals surface area contributed by atoms with Crippen molar-refractivity contribution >= 4 is 29.4 Å². The van der Waals surface area contributed by atoms with E-state index in [1.54, 1.807) is 32.0 Å². The number of ether oxygens (including phenoxy) is 3. The van der Waals surface area contributed by atoms with E-state index < -0.39 is 18.0 Å². The second-order valence-electron chi connectivity index (χ2n) is 10.2. The van der Waals surface area contributed by atoms with Gasteiger partial charge in [0.1, 0.15) is 0 Å². The molecule has 0 spiro atoms. The molecule has 1 atom stereocenters. The van der Waals surface area contributed by atoms with Crippen LogP contribution in [-0.2, 0) is 19.7 Å². The Morgan fingerprint density at radius 3 is 2.38 bits per heavy atom. The molecule has 9 heteroatoms. The van der Waals surface area contributed by atoms with Crippen molar-refractivity contribution < 1.29 is 23.8 Å². The summed E-state index contributed by atoms with van der Waals surface area (Å²) in [4.78, 5) is 43.6. The molecule has 0 saturated carbocycles. The number of carbonyl (C=O) groups is 2. The number of aromatic nitrogens is 1. The standard InChI is InChI=1S/C30H32N2O6S/c1-8-37-28(35)25-17(2)31-29-32(26(25)20-11-14-22(38-18(3)33)23(16-20)36-7)27(34)24(39-29)15-19-9-12-21(13-10-19)30(4,5)6/h9-16,26H,8H2,1-7H3/b24-15+/t26-/m0/s1. The van der Waals surface area contributed by atoms with Crippen LogP contribution in [0.25, 0.3) is 6.08 Å². The van der Waals surface area contributed by atoms with Crippen molar-refractivity contribution in [2.75, 3.05) is 13.7 Å². The molecule has 1 aliphatic heterocycles. The zero-order chi connectivity index (χ0) is 28.5. The first-order valence-electron chi connectivity index (χ1n) is 12.6. The molecule has 8 nitrogen and oxygen atoms in total. The van der Waals surface area contributed by atoms with Gasteiger partial charge in [0, 0.05) is 6.92 Å². The third-order valence-corrected chi connectivity index (χ3v) is 7.33. The lowest BCUT2D eigenvalue weighted by molar-refractivity contribution is -0.139. The summed E-state index contributed by atoms with van der Waals surface area (Å²) in [6.45, 7) is 11.4. The van der Waals surface area contributed by atoms with Crippen molar-refractivity contribution in [1.82, 2.24) is 4.57 Å². The van der Waals surface area contributed by atoms with Gasteiger partial charge in [-0.3, -0.25) is 14.2 Å². The predicted molar refractivity (Wildman–Crippen MR) is 150 cm³/mol. The molecule has 0 bridgehead atoms. The van der Waals surface area contributed by atoms with E-state index in [1.165, 1.54) is 35.5 Å². The molecule has 2 heterocycles. The number of thiazole rings is 1. The number of benzene rings is 2. The molecule has 2 aromatic carbocycles. The number of esters is 2. The highest BCUT2D eigenvalue weighted by atomic mass is 32.1. The van der Waals surface area contributed by atoms with Crippen LogP contribution in [-0.4, -0.2) is 30.2 Å². The van der Waals surface area contributed by atoms with Gasteiger partial charge in [-0.2, -0.15) is 0 Å². The quantitative estimate of drug-likeness (QED) is 0.341. The SMILES string of the molecule is CCOC(=O)C1=C(C)N=c2s/c(=C/c3ccc(C(C)(C)C)cc3)c(=O)n2[C@H]1c1ccc(OC(C)=O)c(OC)c1. The van der Waals surface area contributed by atoms with Crippen LogP contribution in [0, 0.1) is 0 Å². The van der Waals surface area contributed by atoms with Crippen molar-refractivity contribution in [3.8, 4) is 11.5 Å². The molecular formula is C30H32N2O6S. The van der Waals surface area contributed by atoms with Crippen molar-refractivity contribution in [3.63, 3.8) is 0 Å². The van der Waals surface area contributed by atoms with E-state index in [-0.39, 0.29) is 28.9 Å². The van der Waals surface area contributed by atoms with E-state index in [9.17, 15) is 14.4 Å². The molecule has 204 valence electrons. The van der Waals surface area contributed by atoms with E-state index in [1.807, 2.05) is 18.2 Å². The molecule has 0 fully saturated rings. The van der Waals surface area contributed by atoms with Crippen LogP contribution in [0.2, 0.25) is 0 Å². The fraction of sp³-hybridized carbons (Fsp3) is 0.333. The van der Waals surface area contributed by atoms with Gasteiger partial charge in [-0.1, -0.05) is 62.4 Å². The number of allylic oxidation sites excluding steroid dienone is 1. The van der Waals surface area contributed by atoms with E-state index >= 15 is 0 Å². The maximum absolute atomic E-state index is 13.8. The lowest BCUT2D eigenvalue weighted by Gasteiger charge is -2.25. The Morgan fingerprint density at radius 1 is 1.10 bits per heavy atom. The first-order chi connectivity index (χ1) is 18.4. The molecule has 0 unspecified atom stereocenters. The molecule has 0 radical (unpaired) electrons. The van der Waals surface area contributed by atoms with Gasteiger partial charge in [0.25, 0.3) is 5.56 Å². The summed E-state index contributed by atoms with van der Waals surface area (Å²) in [6.07, 6.45) is 1.83. The van der Waals surface area contributed by atoms with Crippen LogP contribution in [0.5, 0.6) is 11.5 Å². The van der Waals surface area contributed by atoms with Gasteiger partial charge in [0.05, 0.1) is 35.6 Å². The summed E-state index contributed by atoms with van der Waals surface area (Å²) in [5.74, 6) is -0.522. The van der Waals surface area contributed by atoms with Gasteiger partial charge in [0.2, 0.25) is 0 Å². The summed E-state index contributed by atoms with van der Waals surface area (Å²) in [6, 6.07) is 12.2. The Labute approximate surface area is 230 Å². The Bertz CT molecular complexity index is 1640. The highest BCUT2D eigenvalue weighted by molar-refractivity contribution is 7.07. The molecule has 39 heavy (non-hydrogen) atoms. The van der Waals surface area contributed by atoms with Crippen LogP contribution in [0.1, 0.15) is 64.3 Å². The number of methoxy groups -OCH3 is 1. The van der Waals surface area contributed by atoms with Crippen LogP contribution in [0.15, 0.2) is 63.5 Å². The first-order valence-corrected chi connectivity index (χ1v) is 13.4. The monoisotopic (exact) mass is 548 g/mol. The minimum absolute atomic E-state index is 0.0188. The first kappa shape index (κ1) is 28.0. The highest BCUT2D eigenvalue weighted by Gasteiger charge is 2.34. The second kappa shape index (κ2) is 11.0. The molecule has 0 amide bonds. The van der Waals surface area contributed by atoms with Crippen LogP contribution >= 0.6 is 11.3 Å². The van der Waals surface area contributed by atoms with Gasteiger partial charge < -0.3 is 14.2 Å². The predicted octanol–water partition coefficient (Wildman–Crippen LogP) is 4.03. The minimum atomic E-state index is -0.814. The summed E-state index contributed by atoms with van der Waals surface area (Å²) in [7, 11) is 1.45. The lowest BCUT2D eigenvalue weighted by atomic mass is 9.87. The van der Waals surface area contributed by atoms with Crippen molar-refractivity contribution in [3.05, 3.63) is 90.1 Å². The van der Waals surface area contributed by atoms with Gasteiger partial charge in [-0.15, -0.1) is 0 Å². The largest absolute Gasteiger partial charge is 0.493 e.